The van der Waals surface area contributed by atoms with Crippen molar-refractivity contribution in [2.75, 3.05) is 7.11 Å². The van der Waals surface area contributed by atoms with E-state index >= 15 is 0 Å². The fourth-order valence-corrected chi connectivity index (χ4v) is 2.95. The number of hydrogen-bond donors (Lipinski definition) is 1. The minimum Gasteiger partial charge on any atom is -0.493 e. The summed E-state index contributed by atoms with van der Waals surface area (Å²) in [6.07, 6.45) is 4.13. The summed E-state index contributed by atoms with van der Waals surface area (Å²) in [6.45, 7) is 0.356. The van der Waals surface area contributed by atoms with Crippen LogP contribution in [0.3, 0.4) is 0 Å². The Morgan fingerprint density at radius 3 is 2.58 bits per heavy atom. The van der Waals surface area contributed by atoms with E-state index in [1.807, 2.05) is 54.6 Å². The van der Waals surface area contributed by atoms with E-state index in [1.165, 1.54) is 0 Å². The van der Waals surface area contributed by atoms with E-state index in [0.29, 0.717) is 29.5 Å². The molecule has 0 aliphatic rings. The van der Waals surface area contributed by atoms with Gasteiger partial charge in [-0.25, -0.2) is 0 Å². The summed E-state index contributed by atoms with van der Waals surface area (Å²) in [5.74, 6) is 1.36. The zero-order valence-electron chi connectivity index (χ0n) is 14.6. The van der Waals surface area contributed by atoms with Crippen LogP contribution < -0.4 is 15.2 Å². The van der Waals surface area contributed by atoms with Gasteiger partial charge in [0.1, 0.15) is 6.61 Å². The van der Waals surface area contributed by atoms with Crippen molar-refractivity contribution in [3.05, 3.63) is 88.7 Å². The number of nitrogens with zero attached hydrogens (tertiary/aromatic N) is 1. The van der Waals surface area contributed by atoms with Crippen LogP contribution in [-0.2, 0) is 13.0 Å². The molecule has 26 heavy (non-hydrogen) atoms. The predicted molar refractivity (Wildman–Crippen MR) is 104 cm³/mol. The summed E-state index contributed by atoms with van der Waals surface area (Å²) in [5.41, 5.74) is 9.24. The van der Waals surface area contributed by atoms with Gasteiger partial charge >= 0.3 is 0 Å². The maximum absolute atomic E-state index is 6.36. The molecule has 2 aromatic carbocycles. The maximum Gasteiger partial charge on any atom is 0.164 e. The molecular formula is C21H21ClN2O2. The summed E-state index contributed by atoms with van der Waals surface area (Å²) in [6, 6.07) is 17.1. The standard InChI is InChI=1S/C21H21ClN2O2/c1-25-20-10-4-7-15(12-19(23)16-8-5-11-24-13-16)21(20)26-14-17-6-2-3-9-18(17)22/h2-11,13,19H,12,14,23H2,1H3. The number of halogens is 1. The van der Waals surface area contributed by atoms with Gasteiger partial charge in [-0.15, -0.1) is 0 Å². The molecular weight excluding hydrogens is 348 g/mol. The van der Waals surface area contributed by atoms with Crippen molar-refractivity contribution in [3.63, 3.8) is 0 Å². The molecule has 0 spiro atoms. The molecule has 0 aliphatic heterocycles. The quantitative estimate of drug-likeness (QED) is 0.664. The Labute approximate surface area is 158 Å². The summed E-state index contributed by atoms with van der Waals surface area (Å²) >= 11 is 6.23. The number of nitrogens with two attached hydrogens (primary N) is 1. The van der Waals surface area contributed by atoms with Crippen LogP contribution in [0.15, 0.2) is 67.0 Å². The van der Waals surface area contributed by atoms with Gasteiger partial charge in [-0.1, -0.05) is 48.0 Å². The smallest absolute Gasteiger partial charge is 0.164 e. The second kappa shape index (κ2) is 8.70. The molecule has 0 radical (unpaired) electrons. The molecule has 1 aromatic heterocycles. The van der Waals surface area contributed by atoms with E-state index in [-0.39, 0.29) is 6.04 Å². The molecule has 1 unspecified atom stereocenters. The van der Waals surface area contributed by atoms with Gasteiger partial charge in [0, 0.05) is 29.0 Å². The average molecular weight is 369 g/mol. The van der Waals surface area contributed by atoms with Crippen LogP contribution in [-0.4, -0.2) is 12.1 Å². The van der Waals surface area contributed by atoms with Crippen LogP contribution in [0.2, 0.25) is 5.02 Å². The van der Waals surface area contributed by atoms with E-state index in [1.54, 1.807) is 19.5 Å². The predicted octanol–water partition coefficient (Wildman–Crippen LogP) is 4.57. The van der Waals surface area contributed by atoms with Gasteiger partial charge in [0.15, 0.2) is 11.5 Å². The highest BCUT2D eigenvalue weighted by atomic mass is 35.5. The van der Waals surface area contributed by atoms with Gasteiger partial charge in [0.05, 0.1) is 7.11 Å². The van der Waals surface area contributed by atoms with Gasteiger partial charge in [-0.2, -0.15) is 0 Å². The van der Waals surface area contributed by atoms with Crippen molar-refractivity contribution in [2.45, 2.75) is 19.1 Å². The summed E-state index contributed by atoms with van der Waals surface area (Å²) in [5, 5.41) is 0.677. The van der Waals surface area contributed by atoms with E-state index in [9.17, 15) is 0 Å². The lowest BCUT2D eigenvalue weighted by atomic mass is 10.00. The summed E-state index contributed by atoms with van der Waals surface area (Å²) in [7, 11) is 1.63. The molecule has 0 aliphatic carbocycles. The SMILES string of the molecule is COc1cccc(CC(N)c2cccnc2)c1OCc1ccccc1Cl. The molecule has 5 heteroatoms. The van der Waals surface area contributed by atoms with Gasteiger partial charge < -0.3 is 15.2 Å². The largest absolute Gasteiger partial charge is 0.493 e. The van der Waals surface area contributed by atoms with Crippen LogP contribution in [0.5, 0.6) is 11.5 Å². The number of hydrogen-bond acceptors (Lipinski definition) is 4. The lowest BCUT2D eigenvalue weighted by Crippen LogP contribution is -2.14. The number of methoxy groups -OCH3 is 1. The monoisotopic (exact) mass is 368 g/mol. The van der Waals surface area contributed by atoms with Crippen molar-refractivity contribution in [1.82, 2.24) is 4.98 Å². The molecule has 2 N–H and O–H groups in total. The van der Waals surface area contributed by atoms with Crippen LogP contribution >= 0.6 is 11.6 Å². The molecule has 4 nitrogen and oxygen atoms in total. The number of rotatable bonds is 7. The Kier molecular flexibility index (Phi) is 6.10. The number of pyridine rings is 1. The molecule has 0 bridgehead atoms. The van der Waals surface area contributed by atoms with Crippen molar-refractivity contribution in [2.24, 2.45) is 5.73 Å². The molecule has 0 amide bonds. The van der Waals surface area contributed by atoms with Crippen LogP contribution in [0.1, 0.15) is 22.7 Å². The molecule has 0 fully saturated rings. The van der Waals surface area contributed by atoms with Gasteiger partial charge in [-0.3, -0.25) is 4.98 Å². The van der Waals surface area contributed by atoms with E-state index < -0.39 is 0 Å². The Morgan fingerprint density at radius 1 is 1.04 bits per heavy atom. The van der Waals surface area contributed by atoms with Crippen molar-refractivity contribution in [3.8, 4) is 11.5 Å². The van der Waals surface area contributed by atoms with Gasteiger partial charge in [-0.05, 0) is 35.7 Å². The molecule has 3 rings (SSSR count). The molecule has 3 aromatic rings. The number of para-hydroxylation sites is 1. The Balaban J connectivity index is 1.83. The fraction of sp³-hybridized carbons (Fsp3) is 0.190. The zero-order chi connectivity index (χ0) is 18.4. The topological polar surface area (TPSA) is 57.4 Å². The third-order valence-electron chi connectivity index (χ3n) is 4.16. The lowest BCUT2D eigenvalue weighted by Gasteiger charge is -2.18. The third kappa shape index (κ3) is 4.34. The highest BCUT2D eigenvalue weighted by Crippen LogP contribution is 2.34. The van der Waals surface area contributed by atoms with E-state index in [4.69, 9.17) is 26.8 Å². The normalized spacial score (nSPS) is 11.8. The first-order chi connectivity index (χ1) is 12.7. The first-order valence-electron chi connectivity index (χ1n) is 8.36. The Bertz CT molecular complexity index is 856. The lowest BCUT2D eigenvalue weighted by molar-refractivity contribution is 0.281. The molecule has 1 atom stereocenters. The van der Waals surface area contributed by atoms with Crippen molar-refractivity contribution >= 4 is 11.6 Å². The number of ether oxygens (including phenoxy) is 2. The second-order valence-corrected chi connectivity index (χ2v) is 6.33. The summed E-state index contributed by atoms with van der Waals surface area (Å²) in [4.78, 5) is 4.14. The number of aromatic nitrogens is 1. The van der Waals surface area contributed by atoms with Crippen LogP contribution in [0.25, 0.3) is 0 Å². The van der Waals surface area contributed by atoms with Gasteiger partial charge in [0.2, 0.25) is 0 Å². The maximum atomic E-state index is 6.36. The molecule has 134 valence electrons. The molecule has 1 heterocycles. The third-order valence-corrected chi connectivity index (χ3v) is 4.53. The van der Waals surface area contributed by atoms with Crippen molar-refractivity contribution in [1.29, 1.82) is 0 Å². The van der Waals surface area contributed by atoms with Gasteiger partial charge in [0.25, 0.3) is 0 Å². The second-order valence-electron chi connectivity index (χ2n) is 5.93. The van der Waals surface area contributed by atoms with Crippen LogP contribution in [0.4, 0.5) is 0 Å². The molecule has 0 saturated carbocycles. The number of benzene rings is 2. The van der Waals surface area contributed by atoms with E-state index in [2.05, 4.69) is 4.98 Å². The minimum atomic E-state index is -0.182. The fourth-order valence-electron chi connectivity index (χ4n) is 2.76. The molecule has 0 saturated heterocycles. The van der Waals surface area contributed by atoms with Crippen molar-refractivity contribution < 1.29 is 9.47 Å². The average Bonchev–Trinajstić information content (AvgIpc) is 2.68. The Hall–Kier alpha value is -2.56. The summed E-state index contributed by atoms with van der Waals surface area (Å²) < 4.78 is 11.6. The zero-order valence-corrected chi connectivity index (χ0v) is 15.3. The Morgan fingerprint density at radius 2 is 1.85 bits per heavy atom. The highest BCUT2D eigenvalue weighted by Gasteiger charge is 2.15. The van der Waals surface area contributed by atoms with E-state index in [0.717, 1.165) is 16.7 Å². The minimum absolute atomic E-state index is 0.182. The van der Waals surface area contributed by atoms with Crippen LogP contribution in [0, 0.1) is 0 Å². The first kappa shape index (κ1) is 18.2. The highest BCUT2D eigenvalue weighted by molar-refractivity contribution is 6.31. The first-order valence-corrected chi connectivity index (χ1v) is 8.74.